The van der Waals surface area contributed by atoms with Crippen molar-refractivity contribution in [2.45, 2.75) is 65.3 Å². The second kappa shape index (κ2) is 11.6. The first-order valence-corrected chi connectivity index (χ1v) is 12.6. The van der Waals surface area contributed by atoms with Gasteiger partial charge in [0.15, 0.2) is 17.1 Å². The number of aromatic nitrogens is 3. The van der Waals surface area contributed by atoms with E-state index >= 15 is 0 Å². The van der Waals surface area contributed by atoms with Crippen molar-refractivity contribution in [1.82, 2.24) is 14.8 Å². The van der Waals surface area contributed by atoms with Crippen LogP contribution in [0.25, 0.3) is 0 Å². The molecule has 1 amide bonds. The van der Waals surface area contributed by atoms with E-state index in [4.69, 9.17) is 16.3 Å². The molecule has 0 spiro atoms. The van der Waals surface area contributed by atoms with Crippen LogP contribution in [0.5, 0.6) is 5.75 Å². The number of thioether (sulfide) groups is 1. The highest BCUT2D eigenvalue weighted by atomic mass is 35.5. The van der Waals surface area contributed by atoms with Gasteiger partial charge >= 0.3 is 0 Å². The second-order valence-electron chi connectivity index (χ2n) is 7.75. The molecule has 0 saturated heterocycles. The van der Waals surface area contributed by atoms with E-state index in [-0.39, 0.29) is 17.8 Å². The first-order chi connectivity index (χ1) is 15.9. The van der Waals surface area contributed by atoms with Crippen molar-refractivity contribution in [3.05, 3.63) is 63.9 Å². The molecule has 0 aliphatic rings. The average Bonchev–Trinajstić information content (AvgIpc) is 3.22. The molecule has 3 rings (SSSR count). The van der Waals surface area contributed by atoms with Gasteiger partial charge in [-0.05, 0) is 68.5 Å². The lowest BCUT2D eigenvalue weighted by molar-refractivity contribution is -0.113. The van der Waals surface area contributed by atoms with Crippen molar-refractivity contribution < 1.29 is 9.53 Å². The van der Waals surface area contributed by atoms with E-state index in [1.807, 2.05) is 49.6 Å². The molecule has 8 heteroatoms. The van der Waals surface area contributed by atoms with E-state index in [1.54, 1.807) is 0 Å². The molecule has 1 heterocycles. The number of ether oxygens (including phenoxy) is 1. The first kappa shape index (κ1) is 25.1. The lowest BCUT2D eigenvalue weighted by Crippen LogP contribution is -2.17. The Bertz CT molecular complexity index is 1090. The molecule has 1 unspecified atom stereocenters. The van der Waals surface area contributed by atoms with Gasteiger partial charge in [-0.15, -0.1) is 10.2 Å². The molecule has 1 aromatic heterocycles. The van der Waals surface area contributed by atoms with Gasteiger partial charge in [-0.25, -0.2) is 0 Å². The number of carbonyl (C=O) groups is 1. The lowest BCUT2D eigenvalue weighted by atomic mass is 10.0. The van der Waals surface area contributed by atoms with E-state index in [0.29, 0.717) is 16.7 Å². The normalized spacial score (nSPS) is 11.9. The number of amides is 1. The monoisotopic (exact) mass is 486 g/mol. The Kier molecular flexibility index (Phi) is 8.80. The molecular weight excluding hydrogens is 456 g/mol. The third-order valence-electron chi connectivity index (χ3n) is 5.46. The van der Waals surface area contributed by atoms with Gasteiger partial charge in [-0.1, -0.05) is 55.4 Å². The highest BCUT2D eigenvalue weighted by Gasteiger charge is 2.20. The zero-order chi connectivity index (χ0) is 24.0. The van der Waals surface area contributed by atoms with Crippen LogP contribution in [-0.2, 0) is 24.2 Å². The zero-order valence-electron chi connectivity index (χ0n) is 19.8. The molecule has 3 aromatic rings. The Labute approximate surface area is 205 Å². The molecule has 0 saturated carbocycles. The Morgan fingerprint density at radius 2 is 1.85 bits per heavy atom. The number of hydrogen-bond donors (Lipinski definition) is 1. The number of anilines is 1. The first-order valence-electron chi connectivity index (χ1n) is 11.3. The third-order valence-corrected chi connectivity index (χ3v) is 6.66. The summed E-state index contributed by atoms with van der Waals surface area (Å²) in [4.78, 5) is 12.7. The summed E-state index contributed by atoms with van der Waals surface area (Å²) in [5, 5.41) is 13.2. The van der Waals surface area contributed by atoms with Crippen LogP contribution in [0.1, 0.15) is 56.3 Å². The minimum Gasteiger partial charge on any atom is -0.482 e. The van der Waals surface area contributed by atoms with Gasteiger partial charge in [0, 0.05) is 17.3 Å². The fourth-order valence-electron chi connectivity index (χ4n) is 3.70. The standard InChI is InChI=1S/C25H31ClN4O2S/c1-6-18-10-9-11-19(7-2)23(18)27-22(31)15-33-25-29-28-24(30(25)8-3)17(5)32-21-13-12-20(26)14-16(21)4/h9-14,17H,6-8,15H2,1-5H3,(H,27,31). The Hall–Kier alpha value is -2.51. The molecule has 0 bridgehead atoms. The van der Waals surface area contributed by atoms with Crippen LogP contribution in [0.3, 0.4) is 0 Å². The predicted octanol–water partition coefficient (Wildman–Crippen LogP) is 6.26. The SMILES string of the molecule is CCc1cccc(CC)c1NC(=O)CSc1nnc(C(C)Oc2ccc(Cl)cc2C)n1CC. The number of aryl methyl sites for hydroxylation is 3. The largest absolute Gasteiger partial charge is 0.482 e. The molecule has 0 fully saturated rings. The maximum atomic E-state index is 12.7. The topological polar surface area (TPSA) is 69.0 Å². The van der Waals surface area contributed by atoms with Crippen LogP contribution in [0.2, 0.25) is 5.02 Å². The van der Waals surface area contributed by atoms with Crippen molar-refractivity contribution in [2.75, 3.05) is 11.1 Å². The minimum atomic E-state index is -0.302. The van der Waals surface area contributed by atoms with Crippen LogP contribution < -0.4 is 10.1 Å². The predicted molar refractivity (Wildman–Crippen MR) is 135 cm³/mol. The van der Waals surface area contributed by atoms with E-state index in [1.165, 1.54) is 11.8 Å². The van der Waals surface area contributed by atoms with Crippen LogP contribution in [0.4, 0.5) is 5.69 Å². The molecular formula is C25H31ClN4O2S. The summed E-state index contributed by atoms with van der Waals surface area (Å²) in [6.45, 7) is 10.8. The van der Waals surface area contributed by atoms with Gasteiger partial charge in [-0.3, -0.25) is 4.79 Å². The third kappa shape index (κ3) is 6.09. The maximum Gasteiger partial charge on any atom is 0.234 e. The summed E-state index contributed by atoms with van der Waals surface area (Å²) in [6, 6.07) is 11.7. The summed E-state index contributed by atoms with van der Waals surface area (Å²) in [5.41, 5.74) is 4.19. The Balaban J connectivity index is 1.68. The molecule has 0 radical (unpaired) electrons. The van der Waals surface area contributed by atoms with Crippen molar-refractivity contribution in [3.63, 3.8) is 0 Å². The molecule has 33 heavy (non-hydrogen) atoms. The molecule has 0 aliphatic carbocycles. The molecule has 0 aliphatic heterocycles. The van der Waals surface area contributed by atoms with Gasteiger partial charge < -0.3 is 14.6 Å². The molecule has 6 nitrogen and oxygen atoms in total. The average molecular weight is 487 g/mol. The Morgan fingerprint density at radius 1 is 1.15 bits per heavy atom. The zero-order valence-corrected chi connectivity index (χ0v) is 21.4. The minimum absolute atomic E-state index is 0.0520. The lowest BCUT2D eigenvalue weighted by Gasteiger charge is -2.17. The van der Waals surface area contributed by atoms with Crippen LogP contribution in [-0.4, -0.2) is 26.4 Å². The summed E-state index contributed by atoms with van der Waals surface area (Å²) >= 11 is 7.43. The number of benzene rings is 2. The van der Waals surface area contributed by atoms with Crippen LogP contribution >= 0.6 is 23.4 Å². The van der Waals surface area contributed by atoms with Crippen molar-refractivity contribution in [1.29, 1.82) is 0 Å². The highest BCUT2D eigenvalue weighted by molar-refractivity contribution is 7.99. The van der Waals surface area contributed by atoms with E-state index in [0.717, 1.165) is 46.8 Å². The molecule has 1 N–H and O–H groups in total. The number of halogens is 1. The molecule has 176 valence electrons. The number of para-hydroxylation sites is 1. The Morgan fingerprint density at radius 3 is 2.45 bits per heavy atom. The summed E-state index contributed by atoms with van der Waals surface area (Å²) in [6.07, 6.45) is 1.44. The number of nitrogens with zero attached hydrogens (tertiary/aromatic N) is 3. The van der Waals surface area contributed by atoms with E-state index in [2.05, 4.69) is 41.5 Å². The number of rotatable bonds is 10. The fraction of sp³-hybridized carbons (Fsp3) is 0.400. The van der Waals surface area contributed by atoms with Gasteiger partial charge in [0.05, 0.1) is 5.75 Å². The summed E-state index contributed by atoms with van der Waals surface area (Å²) in [5.74, 6) is 1.68. The fourth-order valence-corrected chi connectivity index (χ4v) is 4.74. The van der Waals surface area contributed by atoms with Gasteiger partial charge in [0.1, 0.15) is 5.75 Å². The van der Waals surface area contributed by atoms with Crippen molar-refractivity contribution in [3.8, 4) is 5.75 Å². The van der Waals surface area contributed by atoms with Gasteiger partial charge in [0.25, 0.3) is 0 Å². The summed E-state index contributed by atoms with van der Waals surface area (Å²) < 4.78 is 8.12. The van der Waals surface area contributed by atoms with Crippen molar-refractivity contribution >= 4 is 35.0 Å². The number of hydrogen-bond acceptors (Lipinski definition) is 5. The number of carbonyl (C=O) groups excluding carboxylic acids is 1. The molecule has 1 atom stereocenters. The van der Waals surface area contributed by atoms with Crippen molar-refractivity contribution in [2.24, 2.45) is 0 Å². The second-order valence-corrected chi connectivity index (χ2v) is 9.13. The quantitative estimate of drug-likeness (QED) is 0.343. The highest BCUT2D eigenvalue weighted by Crippen LogP contribution is 2.29. The van der Waals surface area contributed by atoms with Gasteiger partial charge in [0.2, 0.25) is 5.91 Å². The smallest absolute Gasteiger partial charge is 0.234 e. The number of nitrogens with one attached hydrogen (secondary N) is 1. The van der Waals surface area contributed by atoms with Crippen LogP contribution in [0.15, 0.2) is 41.6 Å². The maximum absolute atomic E-state index is 12.7. The van der Waals surface area contributed by atoms with E-state index in [9.17, 15) is 4.79 Å². The summed E-state index contributed by atoms with van der Waals surface area (Å²) in [7, 11) is 0. The van der Waals surface area contributed by atoms with Gasteiger partial charge in [-0.2, -0.15) is 0 Å². The van der Waals surface area contributed by atoms with Crippen LogP contribution in [0, 0.1) is 6.92 Å². The van der Waals surface area contributed by atoms with E-state index < -0.39 is 0 Å². The molecule has 2 aromatic carbocycles.